The average Bonchev–Trinajstić information content (AvgIpc) is 3.15. The van der Waals surface area contributed by atoms with Crippen molar-refractivity contribution in [1.82, 2.24) is 15.3 Å². The van der Waals surface area contributed by atoms with Gasteiger partial charge in [-0.3, -0.25) is 9.78 Å². The second-order valence-electron chi connectivity index (χ2n) is 4.41. The zero-order valence-corrected chi connectivity index (χ0v) is 13.0. The Morgan fingerprint density at radius 2 is 2.19 bits per heavy atom. The smallest absolute Gasteiger partial charge is 0.263 e. The van der Waals surface area contributed by atoms with Gasteiger partial charge in [-0.1, -0.05) is 12.1 Å². The number of rotatable bonds is 4. The number of aromatic nitrogens is 2. The third-order valence-electron chi connectivity index (χ3n) is 2.89. The minimum absolute atomic E-state index is 0.0828. The Morgan fingerprint density at radius 3 is 2.90 bits per heavy atom. The molecule has 3 heterocycles. The number of carbonyl (C=O) groups is 1. The van der Waals surface area contributed by atoms with E-state index in [-0.39, 0.29) is 5.91 Å². The molecule has 0 saturated heterocycles. The minimum atomic E-state index is -0.0828. The van der Waals surface area contributed by atoms with Crippen LogP contribution in [0, 0.1) is 6.92 Å². The summed E-state index contributed by atoms with van der Waals surface area (Å²) in [6, 6.07) is 9.65. The van der Waals surface area contributed by atoms with Crippen LogP contribution in [-0.4, -0.2) is 15.9 Å². The number of aryl methyl sites for hydroxylation is 1. The highest BCUT2D eigenvalue weighted by molar-refractivity contribution is 7.17. The first-order valence-corrected chi connectivity index (χ1v) is 8.13. The van der Waals surface area contributed by atoms with E-state index < -0.39 is 0 Å². The van der Waals surface area contributed by atoms with Gasteiger partial charge in [0, 0.05) is 11.1 Å². The highest BCUT2D eigenvalue weighted by Crippen LogP contribution is 2.26. The summed E-state index contributed by atoms with van der Waals surface area (Å²) < 4.78 is 0. The van der Waals surface area contributed by atoms with E-state index in [9.17, 15) is 4.79 Å². The normalized spacial score (nSPS) is 10.5. The number of carbonyl (C=O) groups excluding carboxylic acids is 1. The topological polar surface area (TPSA) is 54.9 Å². The number of pyridine rings is 1. The standard InChI is InChI=1S/C15H13N3OS2/c1-10-13(14(19)17-9-11-5-4-8-20-11)21-15(18-10)12-6-2-3-7-16-12/h2-8H,9H2,1H3,(H,17,19). The molecule has 3 aromatic rings. The fraction of sp³-hybridized carbons (Fsp3) is 0.133. The number of nitrogens with one attached hydrogen (secondary N) is 1. The number of nitrogens with zero attached hydrogens (tertiary/aromatic N) is 2. The van der Waals surface area contributed by atoms with Gasteiger partial charge in [0.1, 0.15) is 9.88 Å². The largest absolute Gasteiger partial charge is 0.346 e. The maximum Gasteiger partial charge on any atom is 0.263 e. The van der Waals surface area contributed by atoms with Crippen LogP contribution in [0.3, 0.4) is 0 Å². The Labute approximate surface area is 130 Å². The molecule has 21 heavy (non-hydrogen) atoms. The molecular formula is C15H13N3OS2. The summed E-state index contributed by atoms with van der Waals surface area (Å²) in [5, 5.41) is 5.70. The van der Waals surface area contributed by atoms with Gasteiger partial charge in [0.2, 0.25) is 0 Å². The Balaban J connectivity index is 1.76. The lowest BCUT2D eigenvalue weighted by atomic mass is 10.3. The molecule has 0 bridgehead atoms. The Morgan fingerprint density at radius 1 is 1.29 bits per heavy atom. The summed E-state index contributed by atoms with van der Waals surface area (Å²) in [4.78, 5) is 22.7. The molecular weight excluding hydrogens is 302 g/mol. The van der Waals surface area contributed by atoms with Crippen molar-refractivity contribution in [2.75, 3.05) is 0 Å². The Kier molecular flexibility index (Phi) is 4.08. The summed E-state index contributed by atoms with van der Waals surface area (Å²) in [5.41, 5.74) is 1.53. The van der Waals surface area contributed by atoms with Gasteiger partial charge in [-0.25, -0.2) is 4.98 Å². The summed E-state index contributed by atoms with van der Waals surface area (Å²) in [7, 11) is 0. The van der Waals surface area contributed by atoms with E-state index in [4.69, 9.17) is 0 Å². The zero-order valence-electron chi connectivity index (χ0n) is 11.4. The fourth-order valence-electron chi connectivity index (χ4n) is 1.87. The third kappa shape index (κ3) is 3.17. The molecule has 3 aromatic heterocycles. The van der Waals surface area contributed by atoms with E-state index in [1.165, 1.54) is 11.3 Å². The molecule has 0 atom stereocenters. The van der Waals surface area contributed by atoms with Gasteiger partial charge in [0.05, 0.1) is 17.9 Å². The van der Waals surface area contributed by atoms with Crippen molar-refractivity contribution in [2.24, 2.45) is 0 Å². The first kappa shape index (κ1) is 13.9. The molecule has 0 saturated carbocycles. The van der Waals surface area contributed by atoms with Gasteiger partial charge >= 0.3 is 0 Å². The molecule has 1 amide bonds. The molecule has 0 aliphatic heterocycles. The number of hydrogen-bond donors (Lipinski definition) is 1. The zero-order chi connectivity index (χ0) is 14.7. The van der Waals surface area contributed by atoms with Crippen molar-refractivity contribution >= 4 is 28.6 Å². The lowest BCUT2D eigenvalue weighted by Gasteiger charge is -2.01. The molecule has 0 unspecified atom stereocenters. The summed E-state index contributed by atoms with van der Waals surface area (Å²) in [6.45, 7) is 2.40. The predicted molar refractivity (Wildman–Crippen MR) is 85.6 cm³/mol. The molecule has 6 heteroatoms. The van der Waals surface area contributed by atoms with Crippen LogP contribution in [0.1, 0.15) is 20.2 Å². The highest BCUT2D eigenvalue weighted by atomic mass is 32.1. The minimum Gasteiger partial charge on any atom is -0.346 e. The van der Waals surface area contributed by atoms with Crippen molar-refractivity contribution in [3.63, 3.8) is 0 Å². The average molecular weight is 315 g/mol. The summed E-state index contributed by atoms with van der Waals surface area (Å²) in [6.07, 6.45) is 1.72. The number of amides is 1. The molecule has 3 rings (SSSR count). The second-order valence-corrected chi connectivity index (χ2v) is 6.44. The molecule has 0 fully saturated rings. The molecule has 0 spiro atoms. The Hall–Kier alpha value is -2.05. The summed E-state index contributed by atoms with van der Waals surface area (Å²) >= 11 is 3.01. The van der Waals surface area contributed by atoms with Gasteiger partial charge in [-0.2, -0.15) is 0 Å². The number of hydrogen-bond acceptors (Lipinski definition) is 5. The van der Waals surface area contributed by atoms with Crippen LogP contribution in [0.4, 0.5) is 0 Å². The van der Waals surface area contributed by atoms with Crippen LogP contribution in [-0.2, 0) is 6.54 Å². The van der Waals surface area contributed by atoms with E-state index in [2.05, 4.69) is 15.3 Å². The lowest BCUT2D eigenvalue weighted by Crippen LogP contribution is -2.22. The molecule has 0 aliphatic rings. The van der Waals surface area contributed by atoms with Crippen LogP contribution in [0.5, 0.6) is 0 Å². The Bertz CT molecular complexity index is 736. The predicted octanol–water partition coefficient (Wildman–Crippen LogP) is 3.51. The quantitative estimate of drug-likeness (QED) is 0.801. The van der Waals surface area contributed by atoms with Crippen molar-refractivity contribution < 1.29 is 4.79 Å². The van der Waals surface area contributed by atoms with Crippen molar-refractivity contribution in [1.29, 1.82) is 0 Å². The van der Waals surface area contributed by atoms with Crippen LogP contribution < -0.4 is 5.32 Å². The van der Waals surface area contributed by atoms with E-state index in [0.717, 1.165) is 21.3 Å². The van der Waals surface area contributed by atoms with Crippen molar-refractivity contribution in [3.8, 4) is 10.7 Å². The maximum absolute atomic E-state index is 12.2. The van der Waals surface area contributed by atoms with E-state index >= 15 is 0 Å². The highest BCUT2D eigenvalue weighted by Gasteiger charge is 2.16. The molecule has 106 valence electrons. The van der Waals surface area contributed by atoms with Crippen LogP contribution >= 0.6 is 22.7 Å². The molecule has 0 aromatic carbocycles. The van der Waals surface area contributed by atoms with Gasteiger partial charge < -0.3 is 5.32 Å². The first-order chi connectivity index (χ1) is 10.2. The lowest BCUT2D eigenvalue weighted by molar-refractivity contribution is 0.0954. The molecule has 4 nitrogen and oxygen atoms in total. The van der Waals surface area contributed by atoms with E-state index in [1.807, 2.05) is 42.6 Å². The van der Waals surface area contributed by atoms with Crippen LogP contribution in [0.25, 0.3) is 10.7 Å². The fourth-order valence-corrected chi connectivity index (χ4v) is 3.47. The van der Waals surface area contributed by atoms with Crippen molar-refractivity contribution in [2.45, 2.75) is 13.5 Å². The number of thiazole rings is 1. The van der Waals surface area contributed by atoms with Gasteiger partial charge in [0.15, 0.2) is 0 Å². The van der Waals surface area contributed by atoms with E-state index in [0.29, 0.717) is 11.4 Å². The maximum atomic E-state index is 12.2. The number of thiophene rings is 1. The second kappa shape index (κ2) is 6.15. The first-order valence-electron chi connectivity index (χ1n) is 6.43. The molecule has 1 N–H and O–H groups in total. The van der Waals surface area contributed by atoms with Gasteiger partial charge in [-0.05, 0) is 30.5 Å². The van der Waals surface area contributed by atoms with Crippen LogP contribution in [0.2, 0.25) is 0 Å². The SMILES string of the molecule is Cc1nc(-c2ccccn2)sc1C(=O)NCc1cccs1. The van der Waals surface area contributed by atoms with Crippen molar-refractivity contribution in [3.05, 3.63) is 57.4 Å². The van der Waals surface area contributed by atoms with E-state index in [1.54, 1.807) is 17.5 Å². The van der Waals surface area contributed by atoms with Gasteiger partial charge in [-0.15, -0.1) is 22.7 Å². The summed E-state index contributed by atoms with van der Waals surface area (Å²) in [5.74, 6) is -0.0828. The monoisotopic (exact) mass is 315 g/mol. The molecule has 0 aliphatic carbocycles. The third-order valence-corrected chi connectivity index (χ3v) is 4.95. The van der Waals surface area contributed by atoms with Crippen LogP contribution in [0.15, 0.2) is 41.9 Å². The van der Waals surface area contributed by atoms with Gasteiger partial charge in [0.25, 0.3) is 5.91 Å². The molecule has 0 radical (unpaired) electrons.